The molecule has 1 atom stereocenters. The summed E-state index contributed by atoms with van der Waals surface area (Å²) in [4.78, 5) is 38.6. The zero-order valence-electron chi connectivity index (χ0n) is 17.0. The van der Waals surface area contributed by atoms with Gasteiger partial charge in [-0.15, -0.1) is 0 Å². The van der Waals surface area contributed by atoms with Crippen LogP contribution < -0.4 is 10.6 Å². The third-order valence-electron chi connectivity index (χ3n) is 4.71. The highest BCUT2D eigenvalue weighted by Gasteiger charge is 2.35. The van der Waals surface area contributed by atoms with E-state index in [2.05, 4.69) is 10.6 Å². The number of methoxy groups -OCH3 is 1. The lowest BCUT2D eigenvalue weighted by atomic mass is 9.94. The van der Waals surface area contributed by atoms with E-state index in [1.165, 1.54) is 7.11 Å². The van der Waals surface area contributed by atoms with E-state index in [0.717, 1.165) is 19.3 Å². The van der Waals surface area contributed by atoms with Crippen molar-refractivity contribution in [3.63, 3.8) is 0 Å². The molecule has 28 heavy (non-hydrogen) atoms. The van der Waals surface area contributed by atoms with Gasteiger partial charge >= 0.3 is 12.0 Å². The minimum Gasteiger partial charge on any atom is -0.466 e. The number of esters is 1. The minimum atomic E-state index is -0.638. The molecule has 1 unspecified atom stereocenters. The van der Waals surface area contributed by atoms with Crippen LogP contribution in [0, 0.1) is 0 Å². The first kappa shape index (κ1) is 21.5. The molecule has 152 valence electrons. The number of rotatable bonds is 8. The van der Waals surface area contributed by atoms with Crippen molar-refractivity contribution in [2.45, 2.75) is 52.5 Å². The molecule has 0 radical (unpaired) electrons. The number of amides is 3. The number of carbonyl (C=O) groups is 3. The second-order valence-electron chi connectivity index (χ2n) is 6.80. The summed E-state index contributed by atoms with van der Waals surface area (Å²) in [6, 6.07) is 6.28. The summed E-state index contributed by atoms with van der Waals surface area (Å²) in [7, 11) is 1.32. The summed E-state index contributed by atoms with van der Waals surface area (Å²) in [5, 5.41) is 5.77. The van der Waals surface area contributed by atoms with Crippen LogP contribution in [0.5, 0.6) is 0 Å². The SMILES string of the molecule is CCCCC(=O)Nc1cccc(C2NC(=O)N(CCC)C(C)=C2C(=O)OC)c1. The Bertz CT molecular complexity index is 773. The Balaban J connectivity index is 2.36. The van der Waals surface area contributed by atoms with Crippen molar-refractivity contribution in [1.82, 2.24) is 10.2 Å². The molecule has 0 aliphatic carbocycles. The number of ether oxygens (including phenoxy) is 1. The van der Waals surface area contributed by atoms with E-state index < -0.39 is 12.0 Å². The van der Waals surface area contributed by atoms with Gasteiger partial charge in [-0.05, 0) is 37.5 Å². The quantitative estimate of drug-likeness (QED) is 0.665. The van der Waals surface area contributed by atoms with Crippen molar-refractivity contribution in [2.24, 2.45) is 0 Å². The zero-order valence-corrected chi connectivity index (χ0v) is 17.0. The van der Waals surface area contributed by atoms with Crippen LogP contribution in [0.1, 0.15) is 58.1 Å². The Morgan fingerprint density at radius 2 is 2.00 bits per heavy atom. The highest BCUT2D eigenvalue weighted by Crippen LogP contribution is 2.32. The number of benzene rings is 1. The number of urea groups is 1. The molecule has 0 bridgehead atoms. The van der Waals surface area contributed by atoms with Gasteiger partial charge in [0.2, 0.25) is 5.91 Å². The van der Waals surface area contributed by atoms with Crippen LogP contribution in [-0.2, 0) is 14.3 Å². The third-order valence-corrected chi connectivity index (χ3v) is 4.71. The molecule has 2 rings (SSSR count). The van der Waals surface area contributed by atoms with E-state index in [-0.39, 0.29) is 11.9 Å². The molecule has 2 N–H and O–H groups in total. The molecule has 0 saturated carbocycles. The predicted molar refractivity (Wildman–Crippen MR) is 108 cm³/mol. The number of unbranched alkanes of at least 4 members (excludes halogenated alkanes) is 1. The lowest BCUT2D eigenvalue weighted by molar-refractivity contribution is -0.136. The second-order valence-corrected chi connectivity index (χ2v) is 6.80. The van der Waals surface area contributed by atoms with E-state index in [4.69, 9.17) is 4.74 Å². The molecule has 1 aromatic carbocycles. The normalized spacial score (nSPS) is 16.6. The van der Waals surface area contributed by atoms with Gasteiger partial charge in [0.25, 0.3) is 0 Å². The number of anilines is 1. The number of nitrogens with one attached hydrogen (secondary N) is 2. The standard InChI is InChI=1S/C21H29N3O4/c1-5-7-11-17(25)22-16-10-8-9-15(13-16)19-18(20(26)28-4)14(3)24(12-6-2)21(27)23-19/h8-10,13,19H,5-7,11-12H2,1-4H3,(H,22,25)(H,23,27). The van der Waals surface area contributed by atoms with Gasteiger partial charge in [-0.2, -0.15) is 0 Å². The van der Waals surface area contributed by atoms with Crippen LogP contribution in [0.4, 0.5) is 10.5 Å². The maximum atomic E-state index is 12.6. The Morgan fingerprint density at radius 1 is 1.25 bits per heavy atom. The Morgan fingerprint density at radius 3 is 2.64 bits per heavy atom. The average molecular weight is 387 g/mol. The molecule has 1 aliphatic heterocycles. The largest absolute Gasteiger partial charge is 0.466 e. The molecule has 1 heterocycles. The predicted octanol–water partition coefficient (Wildman–Crippen LogP) is 3.74. The molecule has 7 heteroatoms. The summed E-state index contributed by atoms with van der Waals surface area (Å²) in [6.45, 7) is 6.27. The molecule has 7 nitrogen and oxygen atoms in total. The fraction of sp³-hybridized carbons (Fsp3) is 0.476. The summed E-state index contributed by atoms with van der Waals surface area (Å²) in [6.07, 6.45) is 3.00. The van der Waals surface area contributed by atoms with Gasteiger partial charge in [0.15, 0.2) is 0 Å². The number of nitrogens with zero attached hydrogens (tertiary/aromatic N) is 1. The Labute approximate surface area is 166 Å². The van der Waals surface area contributed by atoms with Crippen molar-refractivity contribution in [2.75, 3.05) is 19.0 Å². The summed E-state index contributed by atoms with van der Waals surface area (Å²) < 4.78 is 4.97. The van der Waals surface area contributed by atoms with Gasteiger partial charge in [-0.1, -0.05) is 32.4 Å². The smallest absolute Gasteiger partial charge is 0.337 e. The van der Waals surface area contributed by atoms with E-state index in [0.29, 0.717) is 35.5 Å². The third kappa shape index (κ3) is 4.91. The van der Waals surface area contributed by atoms with Crippen LogP contribution in [0.15, 0.2) is 35.5 Å². The summed E-state index contributed by atoms with van der Waals surface area (Å²) in [5.74, 6) is -0.540. The van der Waals surface area contributed by atoms with Crippen molar-refractivity contribution in [3.05, 3.63) is 41.1 Å². The van der Waals surface area contributed by atoms with Gasteiger partial charge in [0.05, 0.1) is 18.7 Å². The maximum absolute atomic E-state index is 12.6. The maximum Gasteiger partial charge on any atom is 0.337 e. The van der Waals surface area contributed by atoms with Crippen LogP contribution in [0.3, 0.4) is 0 Å². The topological polar surface area (TPSA) is 87.7 Å². The number of allylic oxidation sites excluding steroid dienone is 1. The fourth-order valence-electron chi connectivity index (χ4n) is 3.26. The first-order chi connectivity index (χ1) is 13.4. The Hall–Kier alpha value is -2.83. The number of hydrogen-bond donors (Lipinski definition) is 2. The zero-order chi connectivity index (χ0) is 20.7. The van der Waals surface area contributed by atoms with Gasteiger partial charge in [-0.3, -0.25) is 9.69 Å². The molecule has 0 saturated heterocycles. The molecular formula is C21H29N3O4. The van der Waals surface area contributed by atoms with Crippen molar-refractivity contribution >= 4 is 23.6 Å². The van der Waals surface area contributed by atoms with Gasteiger partial charge in [-0.25, -0.2) is 9.59 Å². The van der Waals surface area contributed by atoms with E-state index in [1.807, 2.05) is 19.9 Å². The van der Waals surface area contributed by atoms with Gasteiger partial charge in [0, 0.05) is 24.4 Å². The van der Waals surface area contributed by atoms with Crippen LogP contribution in [0.25, 0.3) is 0 Å². The highest BCUT2D eigenvalue weighted by molar-refractivity contribution is 5.95. The first-order valence-corrected chi connectivity index (χ1v) is 9.69. The van der Waals surface area contributed by atoms with Crippen LogP contribution in [-0.4, -0.2) is 36.5 Å². The number of carbonyl (C=O) groups excluding carboxylic acids is 3. The summed E-state index contributed by atoms with van der Waals surface area (Å²) in [5.41, 5.74) is 2.31. The molecular weight excluding hydrogens is 358 g/mol. The fourth-order valence-corrected chi connectivity index (χ4v) is 3.26. The average Bonchev–Trinajstić information content (AvgIpc) is 2.68. The van der Waals surface area contributed by atoms with E-state index in [1.54, 1.807) is 30.0 Å². The second kappa shape index (κ2) is 9.92. The van der Waals surface area contributed by atoms with E-state index >= 15 is 0 Å². The molecule has 1 aromatic rings. The minimum absolute atomic E-state index is 0.0549. The van der Waals surface area contributed by atoms with Crippen molar-refractivity contribution in [3.8, 4) is 0 Å². The number of hydrogen-bond acceptors (Lipinski definition) is 4. The molecule has 1 aliphatic rings. The first-order valence-electron chi connectivity index (χ1n) is 9.69. The lowest BCUT2D eigenvalue weighted by Crippen LogP contribution is -2.48. The van der Waals surface area contributed by atoms with Gasteiger partial charge < -0.3 is 15.4 Å². The summed E-state index contributed by atoms with van der Waals surface area (Å²) >= 11 is 0. The molecule has 0 spiro atoms. The monoisotopic (exact) mass is 387 g/mol. The lowest BCUT2D eigenvalue weighted by Gasteiger charge is -2.35. The van der Waals surface area contributed by atoms with E-state index in [9.17, 15) is 14.4 Å². The van der Waals surface area contributed by atoms with Crippen molar-refractivity contribution in [1.29, 1.82) is 0 Å². The highest BCUT2D eigenvalue weighted by atomic mass is 16.5. The molecule has 0 fully saturated rings. The molecule has 3 amide bonds. The Kier molecular flexibility index (Phi) is 7.61. The van der Waals surface area contributed by atoms with Crippen molar-refractivity contribution < 1.29 is 19.1 Å². The van der Waals surface area contributed by atoms with Gasteiger partial charge in [0.1, 0.15) is 0 Å². The van der Waals surface area contributed by atoms with Crippen LogP contribution in [0.2, 0.25) is 0 Å². The molecule has 0 aromatic heterocycles. The van der Waals surface area contributed by atoms with Crippen LogP contribution >= 0.6 is 0 Å².